The smallest absolute Gasteiger partial charge is 0.214 e. The van der Waals surface area contributed by atoms with Crippen LogP contribution >= 0.6 is 23.6 Å². The zero-order chi connectivity index (χ0) is 11.8. The molecular formula is C12H9N3S2. The third-order valence-corrected chi connectivity index (χ3v) is 3.75. The molecule has 0 saturated heterocycles. The van der Waals surface area contributed by atoms with Crippen molar-refractivity contribution in [2.24, 2.45) is 0 Å². The van der Waals surface area contributed by atoms with Crippen molar-refractivity contribution in [2.75, 3.05) is 0 Å². The van der Waals surface area contributed by atoms with Gasteiger partial charge in [0.2, 0.25) is 4.77 Å². The number of rotatable bonds is 1. The Bertz CT molecular complexity index is 725. The summed E-state index contributed by atoms with van der Waals surface area (Å²) in [6, 6.07) is 10.5. The Hall–Kier alpha value is -1.59. The van der Waals surface area contributed by atoms with Crippen LogP contribution in [0.1, 0.15) is 5.56 Å². The van der Waals surface area contributed by atoms with Crippen molar-refractivity contribution >= 4 is 33.9 Å². The minimum Gasteiger partial charge on any atom is -0.251 e. The number of aromatic amines is 1. The first-order chi connectivity index (χ1) is 8.22. The van der Waals surface area contributed by atoms with E-state index in [1.807, 2.05) is 6.07 Å². The van der Waals surface area contributed by atoms with Crippen LogP contribution in [0.2, 0.25) is 0 Å². The number of aromatic nitrogens is 3. The van der Waals surface area contributed by atoms with Crippen LogP contribution in [0.15, 0.2) is 30.3 Å². The molecule has 0 amide bonds. The zero-order valence-electron chi connectivity index (χ0n) is 9.10. The number of aryl methyl sites for hydroxylation is 1. The Morgan fingerprint density at radius 3 is 2.76 bits per heavy atom. The molecule has 3 nitrogen and oxygen atoms in total. The van der Waals surface area contributed by atoms with Crippen LogP contribution in [-0.4, -0.2) is 15.2 Å². The third-order valence-electron chi connectivity index (χ3n) is 2.50. The molecule has 0 atom stereocenters. The summed E-state index contributed by atoms with van der Waals surface area (Å²) in [6.07, 6.45) is 0. The summed E-state index contributed by atoms with van der Waals surface area (Å²) in [7, 11) is 0. The molecule has 0 saturated carbocycles. The van der Waals surface area contributed by atoms with Crippen LogP contribution in [0.3, 0.4) is 0 Å². The van der Waals surface area contributed by atoms with Crippen molar-refractivity contribution in [1.82, 2.24) is 15.2 Å². The third kappa shape index (κ3) is 1.99. The number of H-pyrrole nitrogens is 1. The molecule has 3 aromatic rings. The van der Waals surface area contributed by atoms with E-state index in [4.69, 9.17) is 12.2 Å². The molecule has 0 radical (unpaired) electrons. The summed E-state index contributed by atoms with van der Waals surface area (Å²) in [5, 5.41) is 6.87. The van der Waals surface area contributed by atoms with E-state index in [0.717, 1.165) is 15.2 Å². The molecule has 3 rings (SSSR count). The molecule has 5 heteroatoms. The standard InChI is InChI=1S/C12H9N3S2/c1-7-2-4-8(5-3-7)10-6-9-11(17-10)13-12(16)15-14-9/h2-6H,1H3,(H,13,15,16). The van der Waals surface area contributed by atoms with Crippen LogP contribution in [0.4, 0.5) is 0 Å². The summed E-state index contributed by atoms with van der Waals surface area (Å²) in [4.78, 5) is 6.29. The second-order valence-corrected chi connectivity index (χ2v) is 5.22. The van der Waals surface area contributed by atoms with Gasteiger partial charge >= 0.3 is 0 Å². The van der Waals surface area contributed by atoms with Crippen LogP contribution in [0.25, 0.3) is 20.8 Å². The Morgan fingerprint density at radius 2 is 2.00 bits per heavy atom. The van der Waals surface area contributed by atoms with E-state index in [0.29, 0.717) is 4.77 Å². The fraction of sp³-hybridized carbons (Fsp3) is 0.0833. The van der Waals surface area contributed by atoms with Crippen LogP contribution in [-0.2, 0) is 0 Å². The molecule has 0 aliphatic heterocycles. The quantitative estimate of drug-likeness (QED) is 0.677. The fourth-order valence-corrected chi connectivity index (χ4v) is 2.79. The Labute approximate surface area is 107 Å². The summed E-state index contributed by atoms with van der Waals surface area (Å²) < 4.78 is 0.426. The first kappa shape index (κ1) is 10.6. The molecule has 0 spiro atoms. The number of hydrogen-bond donors (Lipinski definition) is 1. The van der Waals surface area contributed by atoms with E-state index in [2.05, 4.69) is 46.4 Å². The molecule has 2 aromatic heterocycles. The van der Waals surface area contributed by atoms with Crippen molar-refractivity contribution in [3.8, 4) is 10.4 Å². The van der Waals surface area contributed by atoms with Gasteiger partial charge in [0.05, 0.1) is 0 Å². The van der Waals surface area contributed by atoms with Crippen molar-refractivity contribution in [2.45, 2.75) is 6.92 Å². The van der Waals surface area contributed by atoms with Crippen molar-refractivity contribution in [3.63, 3.8) is 0 Å². The number of hydrogen-bond acceptors (Lipinski definition) is 4. The average molecular weight is 259 g/mol. The van der Waals surface area contributed by atoms with Gasteiger partial charge in [0.1, 0.15) is 10.3 Å². The molecular weight excluding hydrogens is 250 g/mol. The maximum atomic E-state index is 4.96. The van der Waals surface area contributed by atoms with E-state index in [9.17, 15) is 0 Å². The van der Waals surface area contributed by atoms with Gasteiger partial charge in [-0.25, -0.2) is 4.98 Å². The number of thiophene rings is 1. The van der Waals surface area contributed by atoms with Gasteiger partial charge in [-0.3, -0.25) is 5.10 Å². The molecule has 0 bridgehead atoms. The molecule has 1 N–H and O–H groups in total. The maximum absolute atomic E-state index is 4.96. The highest BCUT2D eigenvalue weighted by Crippen LogP contribution is 2.30. The van der Waals surface area contributed by atoms with Crippen molar-refractivity contribution in [1.29, 1.82) is 0 Å². The van der Waals surface area contributed by atoms with Crippen LogP contribution in [0, 0.1) is 11.7 Å². The summed E-state index contributed by atoms with van der Waals surface area (Å²) in [5.74, 6) is 0. The average Bonchev–Trinajstić information content (AvgIpc) is 2.72. The highest BCUT2D eigenvalue weighted by Gasteiger charge is 2.06. The van der Waals surface area contributed by atoms with Gasteiger partial charge < -0.3 is 0 Å². The van der Waals surface area contributed by atoms with Gasteiger partial charge in [-0.05, 0) is 30.8 Å². The first-order valence-electron chi connectivity index (χ1n) is 5.16. The summed E-state index contributed by atoms with van der Waals surface area (Å²) >= 11 is 6.57. The van der Waals surface area contributed by atoms with E-state index >= 15 is 0 Å². The van der Waals surface area contributed by atoms with E-state index in [-0.39, 0.29) is 0 Å². The van der Waals surface area contributed by atoms with E-state index in [1.165, 1.54) is 11.1 Å². The van der Waals surface area contributed by atoms with E-state index < -0.39 is 0 Å². The molecule has 2 heterocycles. The topological polar surface area (TPSA) is 41.6 Å². The van der Waals surface area contributed by atoms with Crippen LogP contribution < -0.4 is 0 Å². The summed E-state index contributed by atoms with van der Waals surface area (Å²) in [5.41, 5.74) is 3.30. The van der Waals surface area contributed by atoms with Gasteiger partial charge in [0.25, 0.3) is 0 Å². The second-order valence-electron chi connectivity index (χ2n) is 3.81. The van der Waals surface area contributed by atoms with Gasteiger partial charge in [-0.1, -0.05) is 29.8 Å². The highest BCUT2D eigenvalue weighted by atomic mass is 32.1. The SMILES string of the molecule is Cc1ccc(-c2cc3n[nH]c(=S)nc3s2)cc1. The number of fused-ring (bicyclic) bond motifs is 1. The van der Waals surface area contributed by atoms with E-state index in [1.54, 1.807) is 11.3 Å². The maximum Gasteiger partial charge on any atom is 0.214 e. The van der Waals surface area contributed by atoms with Gasteiger partial charge in [-0.2, -0.15) is 5.10 Å². The highest BCUT2D eigenvalue weighted by molar-refractivity contribution is 7.71. The molecule has 0 aliphatic rings. The van der Waals surface area contributed by atoms with Crippen LogP contribution in [0.5, 0.6) is 0 Å². The molecule has 0 fully saturated rings. The normalized spacial score (nSPS) is 10.9. The Kier molecular flexibility index (Phi) is 2.49. The fourth-order valence-electron chi connectivity index (χ4n) is 1.62. The summed E-state index contributed by atoms with van der Waals surface area (Å²) in [6.45, 7) is 2.08. The molecule has 0 aliphatic carbocycles. The number of benzene rings is 1. The predicted octanol–water partition coefficient (Wildman–Crippen LogP) is 3.72. The molecule has 1 aromatic carbocycles. The lowest BCUT2D eigenvalue weighted by molar-refractivity contribution is 1.01. The lowest BCUT2D eigenvalue weighted by Gasteiger charge is -1.96. The number of nitrogens with one attached hydrogen (secondary N) is 1. The minimum absolute atomic E-state index is 0.426. The van der Waals surface area contributed by atoms with Gasteiger partial charge in [-0.15, -0.1) is 11.3 Å². The van der Waals surface area contributed by atoms with Crippen molar-refractivity contribution in [3.05, 3.63) is 40.7 Å². The number of nitrogens with zero attached hydrogens (tertiary/aromatic N) is 2. The Morgan fingerprint density at radius 1 is 1.24 bits per heavy atom. The minimum atomic E-state index is 0.426. The zero-order valence-corrected chi connectivity index (χ0v) is 10.7. The van der Waals surface area contributed by atoms with Crippen molar-refractivity contribution < 1.29 is 0 Å². The first-order valence-corrected chi connectivity index (χ1v) is 6.38. The van der Waals surface area contributed by atoms with Gasteiger partial charge in [0, 0.05) is 4.88 Å². The second kappa shape index (κ2) is 4.01. The predicted molar refractivity (Wildman–Crippen MR) is 72.8 cm³/mol. The molecule has 17 heavy (non-hydrogen) atoms. The Balaban J connectivity index is 2.17. The molecule has 84 valence electrons. The monoisotopic (exact) mass is 259 g/mol. The van der Waals surface area contributed by atoms with Gasteiger partial charge in [0.15, 0.2) is 0 Å². The lowest BCUT2D eigenvalue weighted by atomic mass is 10.1. The molecule has 0 unspecified atom stereocenters. The lowest BCUT2D eigenvalue weighted by Crippen LogP contribution is -1.83. The largest absolute Gasteiger partial charge is 0.251 e.